The monoisotopic (exact) mass is 192 g/mol. The van der Waals surface area contributed by atoms with Crippen LogP contribution in [0.4, 0.5) is 0 Å². The molecule has 0 fully saturated rings. The molecule has 0 atom stereocenters. The number of hydrogen-bond donors (Lipinski definition) is 1. The van der Waals surface area contributed by atoms with Gasteiger partial charge in [0.15, 0.2) is 0 Å². The predicted octanol–water partition coefficient (Wildman–Crippen LogP) is 2.01. The third kappa shape index (κ3) is 6.37. The first-order chi connectivity index (χ1) is 5.49. The number of allylic oxidation sites excluding steroid dienone is 1. The second-order valence-electron chi connectivity index (χ2n) is 2.73. The van der Waals surface area contributed by atoms with Gasteiger partial charge < -0.3 is 0 Å². The maximum absolute atomic E-state index is 10.5. The van der Waals surface area contributed by atoms with Crippen molar-refractivity contribution in [1.82, 2.24) is 0 Å². The molecule has 3 nitrogen and oxygen atoms in total. The van der Waals surface area contributed by atoms with Crippen LogP contribution >= 0.6 is 0 Å². The molecular formula is C8H16O3S. The first-order valence-corrected chi connectivity index (χ1v) is 5.73. The molecule has 0 saturated carbocycles. The van der Waals surface area contributed by atoms with Crippen molar-refractivity contribution in [2.24, 2.45) is 0 Å². The van der Waals surface area contributed by atoms with E-state index in [1.807, 2.05) is 19.9 Å². The zero-order valence-electron chi connectivity index (χ0n) is 7.58. The summed E-state index contributed by atoms with van der Waals surface area (Å²) in [5, 5.41) is 0. The Hall–Kier alpha value is -0.350. The van der Waals surface area contributed by atoms with Crippen LogP contribution in [-0.4, -0.2) is 18.7 Å². The molecule has 0 bridgehead atoms. The van der Waals surface area contributed by atoms with Gasteiger partial charge in [-0.15, -0.1) is 0 Å². The first-order valence-electron chi connectivity index (χ1n) is 4.12. The normalized spacial score (nSPS) is 13.4. The van der Waals surface area contributed by atoms with Gasteiger partial charge in [-0.05, 0) is 12.8 Å². The van der Waals surface area contributed by atoms with Crippen molar-refractivity contribution in [2.75, 3.05) is 5.75 Å². The van der Waals surface area contributed by atoms with Crippen LogP contribution in [-0.2, 0) is 10.1 Å². The van der Waals surface area contributed by atoms with Crippen molar-refractivity contribution in [3.8, 4) is 0 Å². The highest BCUT2D eigenvalue weighted by molar-refractivity contribution is 7.85. The van der Waals surface area contributed by atoms with Gasteiger partial charge in [0.25, 0.3) is 10.1 Å². The molecule has 4 heteroatoms. The Morgan fingerprint density at radius 1 is 1.42 bits per heavy atom. The second-order valence-corrected chi connectivity index (χ2v) is 4.18. The van der Waals surface area contributed by atoms with E-state index in [1.165, 1.54) is 0 Å². The predicted molar refractivity (Wildman–Crippen MR) is 49.7 cm³/mol. The zero-order valence-corrected chi connectivity index (χ0v) is 8.39. The van der Waals surface area contributed by atoms with E-state index in [0.717, 1.165) is 18.4 Å². The molecule has 1 N–H and O–H groups in total. The lowest BCUT2D eigenvalue weighted by Gasteiger charge is -2.00. The molecule has 0 aliphatic heterocycles. The van der Waals surface area contributed by atoms with Crippen LogP contribution in [0.25, 0.3) is 0 Å². The molecule has 72 valence electrons. The van der Waals surface area contributed by atoms with E-state index < -0.39 is 10.1 Å². The molecule has 0 aromatic carbocycles. The minimum atomic E-state index is -3.83. The highest BCUT2D eigenvalue weighted by Gasteiger charge is 2.06. The summed E-state index contributed by atoms with van der Waals surface area (Å²) in [6.45, 7) is 3.91. The standard InChI is InChI=1S/C8H16O3S/c1-3-5-6-8(4-2)7-12(9,10)11/h6H,3-5,7H2,1-2H3,(H,9,10,11). The maximum Gasteiger partial charge on any atom is 0.268 e. The molecule has 0 aliphatic carbocycles. The summed E-state index contributed by atoms with van der Waals surface area (Å²) >= 11 is 0. The van der Waals surface area contributed by atoms with Crippen LogP contribution < -0.4 is 0 Å². The number of hydrogen-bond acceptors (Lipinski definition) is 2. The molecule has 0 aromatic heterocycles. The van der Waals surface area contributed by atoms with Crippen molar-refractivity contribution in [1.29, 1.82) is 0 Å². The van der Waals surface area contributed by atoms with Crippen molar-refractivity contribution in [2.45, 2.75) is 33.1 Å². The molecule has 0 radical (unpaired) electrons. The Labute approximate surface area is 74.2 Å². The molecule has 0 rings (SSSR count). The minimum Gasteiger partial charge on any atom is -0.285 e. The topological polar surface area (TPSA) is 54.4 Å². The largest absolute Gasteiger partial charge is 0.285 e. The summed E-state index contributed by atoms with van der Waals surface area (Å²) in [7, 11) is -3.83. The van der Waals surface area contributed by atoms with Gasteiger partial charge in [-0.1, -0.05) is 31.9 Å². The molecular weight excluding hydrogens is 176 g/mol. The van der Waals surface area contributed by atoms with E-state index in [0.29, 0.717) is 6.42 Å². The highest BCUT2D eigenvalue weighted by Crippen LogP contribution is 2.06. The summed E-state index contributed by atoms with van der Waals surface area (Å²) in [6, 6.07) is 0. The first kappa shape index (κ1) is 11.6. The van der Waals surface area contributed by atoms with E-state index in [4.69, 9.17) is 4.55 Å². The summed E-state index contributed by atoms with van der Waals surface area (Å²) < 4.78 is 29.5. The van der Waals surface area contributed by atoms with Crippen molar-refractivity contribution in [3.63, 3.8) is 0 Å². The zero-order chi connectivity index (χ0) is 9.61. The van der Waals surface area contributed by atoms with Crippen molar-refractivity contribution in [3.05, 3.63) is 11.6 Å². The molecule has 0 spiro atoms. The van der Waals surface area contributed by atoms with Gasteiger partial charge in [0.05, 0.1) is 5.75 Å². The SMILES string of the molecule is CCCC=C(CC)CS(=O)(=O)O. The molecule has 0 unspecified atom stereocenters. The van der Waals surface area contributed by atoms with E-state index in [1.54, 1.807) is 0 Å². The van der Waals surface area contributed by atoms with Gasteiger partial charge in [-0.2, -0.15) is 8.42 Å². The summed E-state index contributed by atoms with van der Waals surface area (Å²) in [5.41, 5.74) is 0.791. The van der Waals surface area contributed by atoms with Crippen molar-refractivity contribution < 1.29 is 13.0 Å². The third-order valence-corrected chi connectivity index (χ3v) is 2.28. The summed E-state index contributed by atoms with van der Waals surface area (Å²) in [6.07, 6.45) is 4.43. The smallest absolute Gasteiger partial charge is 0.268 e. The van der Waals surface area contributed by atoms with Crippen LogP contribution in [0.5, 0.6) is 0 Å². The molecule has 0 aliphatic rings. The van der Waals surface area contributed by atoms with Crippen molar-refractivity contribution >= 4 is 10.1 Å². The van der Waals surface area contributed by atoms with Crippen LogP contribution in [0.15, 0.2) is 11.6 Å². The fourth-order valence-corrected chi connectivity index (χ4v) is 1.68. The molecule has 0 heterocycles. The maximum atomic E-state index is 10.5. The average molecular weight is 192 g/mol. The van der Waals surface area contributed by atoms with E-state index >= 15 is 0 Å². The number of rotatable bonds is 5. The van der Waals surface area contributed by atoms with Gasteiger partial charge in [-0.3, -0.25) is 4.55 Å². The van der Waals surface area contributed by atoms with Gasteiger partial charge in [-0.25, -0.2) is 0 Å². The average Bonchev–Trinajstić information content (AvgIpc) is 1.95. The quantitative estimate of drug-likeness (QED) is 0.535. The molecule has 0 saturated heterocycles. The molecule has 0 aromatic rings. The van der Waals surface area contributed by atoms with Gasteiger partial charge >= 0.3 is 0 Å². The lowest BCUT2D eigenvalue weighted by Crippen LogP contribution is -2.06. The Morgan fingerprint density at radius 3 is 2.33 bits per heavy atom. The van der Waals surface area contributed by atoms with Crippen LogP contribution in [0.2, 0.25) is 0 Å². The van der Waals surface area contributed by atoms with E-state index in [-0.39, 0.29) is 5.75 Å². The van der Waals surface area contributed by atoms with Gasteiger partial charge in [0.1, 0.15) is 0 Å². The fourth-order valence-electron chi connectivity index (χ4n) is 0.888. The summed E-state index contributed by atoms with van der Waals surface area (Å²) in [5.74, 6) is -0.219. The highest BCUT2D eigenvalue weighted by atomic mass is 32.2. The van der Waals surface area contributed by atoms with E-state index in [9.17, 15) is 8.42 Å². The Kier molecular flexibility index (Phi) is 5.17. The van der Waals surface area contributed by atoms with E-state index in [2.05, 4.69) is 0 Å². The Morgan fingerprint density at radius 2 is 2.00 bits per heavy atom. The van der Waals surface area contributed by atoms with Gasteiger partial charge in [0, 0.05) is 0 Å². The van der Waals surface area contributed by atoms with Crippen LogP contribution in [0, 0.1) is 0 Å². The van der Waals surface area contributed by atoms with Crippen LogP contribution in [0.3, 0.4) is 0 Å². The van der Waals surface area contributed by atoms with Crippen LogP contribution in [0.1, 0.15) is 33.1 Å². The fraction of sp³-hybridized carbons (Fsp3) is 0.750. The molecule has 0 amide bonds. The Bertz CT molecular complexity index is 239. The minimum absolute atomic E-state index is 0.219. The lowest BCUT2D eigenvalue weighted by atomic mass is 10.2. The second kappa shape index (κ2) is 5.32. The van der Waals surface area contributed by atoms with Gasteiger partial charge in [0.2, 0.25) is 0 Å². The lowest BCUT2D eigenvalue weighted by molar-refractivity contribution is 0.485. The summed E-state index contributed by atoms with van der Waals surface area (Å²) in [4.78, 5) is 0. The molecule has 12 heavy (non-hydrogen) atoms. The number of unbranched alkanes of at least 4 members (excludes halogenated alkanes) is 1. The third-order valence-electron chi connectivity index (χ3n) is 1.54. The Balaban J connectivity index is 4.18.